The zero-order valence-corrected chi connectivity index (χ0v) is 35.2. The number of nitrogens with zero attached hydrogens (tertiary/aromatic N) is 4. The second kappa shape index (κ2) is 16.7. The van der Waals surface area contributed by atoms with E-state index in [1.54, 1.807) is 36.5 Å². The van der Waals surface area contributed by atoms with Gasteiger partial charge in [-0.2, -0.15) is 0 Å². The maximum absolute atomic E-state index is 13.7. The van der Waals surface area contributed by atoms with Crippen molar-refractivity contribution in [2.75, 3.05) is 13.1 Å². The minimum atomic E-state index is -1.21. The normalized spacial score (nSPS) is 15.0. The van der Waals surface area contributed by atoms with Crippen molar-refractivity contribution in [2.24, 2.45) is 0 Å². The first kappa shape index (κ1) is 40.1. The summed E-state index contributed by atoms with van der Waals surface area (Å²) in [5.41, 5.74) is 9.19. The van der Waals surface area contributed by atoms with Gasteiger partial charge in [0.2, 0.25) is 0 Å². The van der Waals surface area contributed by atoms with E-state index in [-0.39, 0.29) is 24.1 Å². The van der Waals surface area contributed by atoms with Gasteiger partial charge in [-0.1, -0.05) is 55.1 Å². The van der Waals surface area contributed by atoms with Crippen molar-refractivity contribution in [3.8, 4) is 39.5 Å². The Hall–Kier alpha value is -6.98. The summed E-state index contributed by atoms with van der Waals surface area (Å²) in [6, 6.07) is 33.1. The van der Waals surface area contributed by atoms with Crippen molar-refractivity contribution in [2.45, 2.75) is 63.5 Å². The molecule has 0 radical (unpaired) electrons. The number of carbonyl (C=O) groups is 3. The van der Waals surface area contributed by atoms with E-state index < -0.39 is 17.9 Å². The summed E-state index contributed by atoms with van der Waals surface area (Å²) in [5.74, 6) is -0.779. The van der Waals surface area contributed by atoms with E-state index in [4.69, 9.17) is 21.6 Å². The summed E-state index contributed by atoms with van der Waals surface area (Å²) in [7, 11) is 0. The van der Waals surface area contributed by atoms with Crippen LogP contribution in [-0.4, -0.2) is 71.5 Å². The third-order valence-electron chi connectivity index (χ3n) is 12.7. The molecule has 316 valence electrons. The number of phenols is 1. The molecular weight excluding hydrogens is 812 g/mol. The number of aliphatic carboxylic acids is 1. The van der Waals surface area contributed by atoms with Gasteiger partial charge in [0.25, 0.3) is 11.8 Å². The van der Waals surface area contributed by atoms with Crippen molar-refractivity contribution < 1.29 is 24.6 Å². The van der Waals surface area contributed by atoms with Gasteiger partial charge in [-0.3, -0.25) is 9.59 Å². The quantitative estimate of drug-likeness (QED) is 0.107. The molecule has 63 heavy (non-hydrogen) atoms. The Labute approximate surface area is 368 Å². The first-order valence-electron chi connectivity index (χ1n) is 21.6. The number of aromatic amines is 1. The number of imidazole rings is 1. The molecule has 2 amide bonds. The third-order valence-corrected chi connectivity index (χ3v) is 13.0. The number of carbonyl (C=O) groups excluding carboxylic acids is 2. The van der Waals surface area contributed by atoms with Gasteiger partial charge in [-0.15, -0.1) is 0 Å². The number of aromatic hydroxyl groups is 1. The highest BCUT2D eigenvalue weighted by molar-refractivity contribution is 6.30. The van der Waals surface area contributed by atoms with Crippen LogP contribution in [0.5, 0.6) is 5.75 Å². The summed E-state index contributed by atoms with van der Waals surface area (Å²) in [6.07, 6.45) is 9.21. The van der Waals surface area contributed by atoms with Crippen LogP contribution in [0.15, 0.2) is 115 Å². The van der Waals surface area contributed by atoms with Crippen molar-refractivity contribution in [1.29, 1.82) is 0 Å². The van der Waals surface area contributed by atoms with Crippen LogP contribution < -0.4 is 5.32 Å². The first-order chi connectivity index (χ1) is 30.7. The maximum Gasteiger partial charge on any atom is 0.326 e. The number of likely N-dealkylation sites (tertiary alicyclic amines) is 1. The molecule has 0 spiro atoms. The molecule has 0 bridgehead atoms. The number of benzene rings is 5. The van der Waals surface area contributed by atoms with Gasteiger partial charge in [0, 0.05) is 75.3 Å². The number of halogens is 1. The summed E-state index contributed by atoms with van der Waals surface area (Å²) in [4.78, 5) is 55.1. The van der Waals surface area contributed by atoms with Gasteiger partial charge >= 0.3 is 5.97 Å². The van der Waals surface area contributed by atoms with Crippen LogP contribution in [0.4, 0.5) is 0 Å². The summed E-state index contributed by atoms with van der Waals surface area (Å²) >= 11 is 6.27. The number of aromatic nitrogens is 4. The van der Waals surface area contributed by atoms with Crippen LogP contribution in [0.3, 0.4) is 0 Å². The molecule has 1 unspecified atom stereocenters. The fraction of sp³-hybridized carbons (Fsp3) is 0.235. The molecule has 2 fully saturated rings. The second-order valence-corrected chi connectivity index (χ2v) is 17.2. The Morgan fingerprint density at radius 2 is 1.54 bits per heavy atom. The number of carboxylic acids is 1. The summed E-state index contributed by atoms with van der Waals surface area (Å²) in [6.45, 7) is 1.53. The molecule has 1 aliphatic carbocycles. The molecule has 1 saturated heterocycles. The van der Waals surface area contributed by atoms with Crippen LogP contribution >= 0.6 is 11.6 Å². The molecule has 5 aromatic carbocycles. The number of H-pyrrole nitrogens is 1. The van der Waals surface area contributed by atoms with Crippen molar-refractivity contribution in [3.63, 3.8) is 0 Å². The molecule has 4 heterocycles. The fourth-order valence-corrected chi connectivity index (χ4v) is 9.56. The van der Waals surface area contributed by atoms with Gasteiger partial charge in [-0.05, 0) is 127 Å². The lowest BCUT2D eigenvalue weighted by Crippen LogP contribution is -2.42. The van der Waals surface area contributed by atoms with Gasteiger partial charge in [0.1, 0.15) is 17.6 Å². The highest BCUT2D eigenvalue weighted by Gasteiger charge is 2.27. The molecule has 2 aliphatic rings. The van der Waals surface area contributed by atoms with Crippen LogP contribution in [0.1, 0.15) is 77.3 Å². The van der Waals surface area contributed by atoms with Gasteiger partial charge in [0.05, 0.1) is 22.2 Å². The van der Waals surface area contributed by atoms with Crippen LogP contribution in [0, 0.1) is 0 Å². The molecule has 8 aromatic rings. The van der Waals surface area contributed by atoms with Gasteiger partial charge in [-0.25, -0.2) is 14.8 Å². The number of nitrogens with one attached hydrogen (secondary N) is 2. The topological polar surface area (TPSA) is 153 Å². The van der Waals surface area contributed by atoms with Crippen LogP contribution in [-0.2, 0) is 11.2 Å². The number of hydrogen-bond acceptors (Lipinski definition) is 6. The fourth-order valence-electron chi connectivity index (χ4n) is 9.44. The average molecular weight is 857 g/mol. The van der Waals surface area contributed by atoms with E-state index in [2.05, 4.69) is 27.0 Å². The van der Waals surface area contributed by atoms with Crippen molar-refractivity contribution in [1.82, 2.24) is 29.7 Å². The molecule has 1 aliphatic heterocycles. The van der Waals surface area contributed by atoms with Gasteiger partial charge < -0.3 is 30.0 Å². The van der Waals surface area contributed by atoms with Crippen molar-refractivity contribution >= 4 is 62.2 Å². The lowest BCUT2D eigenvalue weighted by molar-refractivity contribution is -0.139. The minimum Gasteiger partial charge on any atom is -0.508 e. The maximum atomic E-state index is 13.7. The van der Waals surface area contributed by atoms with E-state index in [0.29, 0.717) is 32.6 Å². The Kier molecular flexibility index (Phi) is 10.6. The molecule has 1 saturated carbocycles. The Morgan fingerprint density at radius 1 is 0.762 bits per heavy atom. The number of pyridine rings is 1. The lowest BCUT2D eigenvalue weighted by Gasteiger charge is -2.25. The predicted octanol–water partition coefficient (Wildman–Crippen LogP) is 10.6. The number of hydrogen-bond donors (Lipinski definition) is 4. The lowest BCUT2D eigenvalue weighted by atomic mass is 9.94. The summed E-state index contributed by atoms with van der Waals surface area (Å²) in [5, 5.41) is 25.2. The zero-order valence-electron chi connectivity index (χ0n) is 34.5. The zero-order chi connectivity index (χ0) is 43.2. The smallest absolute Gasteiger partial charge is 0.326 e. The molecule has 4 N–H and O–H groups in total. The third kappa shape index (κ3) is 7.89. The molecular formula is C51H45ClN6O5. The molecule has 1 atom stereocenters. The first-order valence-corrected chi connectivity index (χ1v) is 22.0. The monoisotopic (exact) mass is 856 g/mol. The van der Waals surface area contributed by atoms with Crippen LogP contribution in [0.25, 0.3) is 66.6 Å². The number of amides is 2. The standard InChI is InChI=1S/C51H45ClN6O5/c52-36-14-8-30(9-15-36)39-17-10-34(50(61)57-22-4-5-23-57)25-41(39)44-19-11-31-24-32(12-18-42(31)54-44)48-55-45-26-33(13-21-47(45)58(48)37-6-2-1-3-7-37)49(60)56-46(51(62)63)27-35-29-53-43-20-16-38(59)28-40(35)43/h8-21,24-26,28-29,37,46,53,59H,1-7,22-23,27H2,(H,56,60)(H,62,63). The number of phenolic OH excluding ortho intramolecular Hbond substituents is 1. The Bertz CT molecular complexity index is 3070. The average Bonchev–Trinajstić information content (AvgIpc) is 4.08. The van der Waals surface area contributed by atoms with E-state index >= 15 is 0 Å². The molecule has 11 nitrogen and oxygen atoms in total. The molecule has 3 aromatic heterocycles. The van der Waals surface area contributed by atoms with E-state index in [1.165, 1.54) is 6.42 Å². The van der Waals surface area contributed by atoms with Crippen molar-refractivity contribution in [3.05, 3.63) is 137 Å². The highest BCUT2D eigenvalue weighted by atomic mass is 35.5. The van der Waals surface area contributed by atoms with E-state index in [9.17, 15) is 24.6 Å². The minimum absolute atomic E-state index is 0.0276. The van der Waals surface area contributed by atoms with E-state index in [0.717, 1.165) is 107 Å². The Balaban J connectivity index is 0.983. The molecule has 12 heteroatoms. The second-order valence-electron chi connectivity index (χ2n) is 16.8. The van der Waals surface area contributed by atoms with Crippen LogP contribution in [0.2, 0.25) is 5.02 Å². The largest absolute Gasteiger partial charge is 0.508 e. The predicted molar refractivity (Wildman–Crippen MR) is 246 cm³/mol. The number of carboxylic acid groups (broad SMARTS) is 1. The number of fused-ring (bicyclic) bond motifs is 3. The highest BCUT2D eigenvalue weighted by Crippen LogP contribution is 2.39. The number of rotatable bonds is 10. The van der Waals surface area contributed by atoms with E-state index in [1.807, 2.05) is 71.6 Å². The summed E-state index contributed by atoms with van der Waals surface area (Å²) < 4.78 is 2.31. The SMILES string of the molecule is O=C(NC(Cc1c[nH]c2ccc(O)cc12)C(=O)O)c1ccc2c(c1)nc(-c1ccc3nc(-c4cc(C(=O)N5CCCC5)ccc4-c4ccc(Cl)cc4)ccc3c1)n2C1CCCCC1. The Morgan fingerprint density at radius 3 is 2.33 bits per heavy atom. The van der Waals surface area contributed by atoms with Gasteiger partial charge in [0.15, 0.2) is 0 Å². The molecule has 10 rings (SSSR count).